The average Bonchev–Trinajstić information content (AvgIpc) is 3.40. The van der Waals surface area contributed by atoms with Gasteiger partial charge in [-0.25, -0.2) is 0 Å². The SMILES string of the molecule is CCNC(=NCC(C)N1CCOCC1)NC1CC1c1ccc(Br)cc1. The van der Waals surface area contributed by atoms with Crippen LogP contribution in [0.1, 0.15) is 31.7 Å². The van der Waals surface area contributed by atoms with E-state index in [1.54, 1.807) is 0 Å². The number of guanidine groups is 1. The molecule has 1 aromatic rings. The van der Waals surface area contributed by atoms with Crippen LogP contribution in [0.5, 0.6) is 0 Å². The molecule has 1 saturated carbocycles. The topological polar surface area (TPSA) is 48.9 Å². The van der Waals surface area contributed by atoms with Gasteiger partial charge >= 0.3 is 0 Å². The zero-order valence-electron chi connectivity index (χ0n) is 15.2. The van der Waals surface area contributed by atoms with Gasteiger partial charge in [-0.05, 0) is 38.0 Å². The molecule has 2 N–H and O–H groups in total. The van der Waals surface area contributed by atoms with E-state index in [9.17, 15) is 0 Å². The van der Waals surface area contributed by atoms with Gasteiger partial charge in [0.1, 0.15) is 0 Å². The Balaban J connectivity index is 1.51. The van der Waals surface area contributed by atoms with Crippen molar-refractivity contribution in [3.8, 4) is 0 Å². The summed E-state index contributed by atoms with van der Waals surface area (Å²) < 4.78 is 6.56. The fourth-order valence-corrected chi connectivity index (χ4v) is 3.55. The second-order valence-electron chi connectivity index (χ2n) is 6.86. The van der Waals surface area contributed by atoms with Crippen molar-refractivity contribution in [3.63, 3.8) is 0 Å². The number of morpholine rings is 1. The normalized spacial score (nSPS) is 25.5. The Labute approximate surface area is 159 Å². The summed E-state index contributed by atoms with van der Waals surface area (Å²) in [4.78, 5) is 7.27. The molecule has 1 aliphatic carbocycles. The largest absolute Gasteiger partial charge is 0.379 e. The van der Waals surface area contributed by atoms with Crippen LogP contribution >= 0.6 is 15.9 Å². The molecular formula is C19H29BrN4O. The number of aliphatic imine (C=N–C) groups is 1. The first-order valence-corrected chi connectivity index (χ1v) is 10.1. The number of hydrogen-bond donors (Lipinski definition) is 2. The summed E-state index contributed by atoms with van der Waals surface area (Å²) in [6, 6.07) is 9.59. The molecule has 3 atom stereocenters. The molecule has 5 nitrogen and oxygen atoms in total. The lowest BCUT2D eigenvalue weighted by Crippen LogP contribution is -2.44. The van der Waals surface area contributed by atoms with Crippen molar-refractivity contribution in [3.05, 3.63) is 34.3 Å². The summed E-state index contributed by atoms with van der Waals surface area (Å²) >= 11 is 3.50. The van der Waals surface area contributed by atoms with Gasteiger partial charge in [-0.1, -0.05) is 28.1 Å². The van der Waals surface area contributed by atoms with Gasteiger partial charge in [-0.15, -0.1) is 0 Å². The predicted octanol–water partition coefficient (Wildman–Crippen LogP) is 2.58. The van der Waals surface area contributed by atoms with E-state index >= 15 is 0 Å². The van der Waals surface area contributed by atoms with Crippen molar-refractivity contribution in [2.24, 2.45) is 4.99 Å². The van der Waals surface area contributed by atoms with Crippen LogP contribution in [0, 0.1) is 0 Å². The van der Waals surface area contributed by atoms with Gasteiger partial charge in [0.2, 0.25) is 0 Å². The maximum absolute atomic E-state index is 5.43. The summed E-state index contributed by atoms with van der Waals surface area (Å²) in [6.45, 7) is 9.75. The van der Waals surface area contributed by atoms with Gasteiger partial charge in [0.15, 0.2) is 5.96 Å². The Morgan fingerprint density at radius 1 is 1.32 bits per heavy atom. The second kappa shape index (κ2) is 9.01. The molecule has 1 aromatic carbocycles. The first-order valence-electron chi connectivity index (χ1n) is 9.29. The van der Waals surface area contributed by atoms with E-state index in [0.29, 0.717) is 18.0 Å². The fraction of sp³-hybridized carbons (Fsp3) is 0.632. The van der Waals surface area contributed by atoms with Crippen molar-refractivity contribution >= 4 is 21.9 Å². The lowest BCUT2D eigenvalue weighted by molar-refractivity contribution is 0.0220. The number of hydrogen-bond acceptors (Lipinski definition) is 3. The maximum Gasteiger partial charge on any atom is 0.191 e. The van der Waals surface area contributed by atoms with Crippen LogP contribution in [0.2, 0.25) is 0 Å². The highest BCUT2D eigenvalue weighted by Crippen LogP contribution is 2.40. The summed E-state index contributed by atoms with van der Waals surface area (Å²) in [6.07, 6.45) is 1.17. The predicted molar refractivity (Wildman–Crippen MR) is 106 cm³/mol. The van der Waals surface area contributed by atoms with E-state index in [0.717, 1.165) is 49.8 Å². The highest BCUT2D eigenvalue weighted by Gasteiger charge is 2.38. The van der Waals surface area contributed by atoms with Crippen LogP contribution in [-0.2, 0) is 4.74 Å². The Bertz CT molecular complexity index is 571. The molecule has 3 rings (SSSR count). The Kier molecular flexibility index (Phi) is 6.73. The third-order valence-corrected chi connectivity index (χ3v) is 5.47. The number of ether oxygens (including phenoxy) is 1. The first-order chi connectivity index (χ1) is 12.2. The van der Waals surface area contributed by atoms with E-state index in [4.69, 9.17) is 9.73 Å². The number of rotatable bonds is 6. The van der Waals surface area contributed by atoms with Crippen LogP contribution in [0.15, 0.2) is 33.7 Å². The van der Waals surface area contributed by atoms with Crippen LogP contribution in [0.3, 0.4) is 0 Å². The number of halogens is 1. The van der Waals surface area contributed by atoms with Crippen LogP contribution < -0.4 is 10.6 Å². The molecule has 1 heterocycles. The summed E-state index contributed by atoms with van der Waals surface area (Å²) in [5.41, 5.74) is 1.40. The fourth-order valence-electron chi connectivity index (χ4n) is 3.29. The molecule has 0 bridgehead atoms. The summed E-state index contributed by atoms with van der Waals surface area (Å²) in [5.74, 6) is 1.53. The van der Waals surface area contributed by atoms with E-state index in [1.165, 1.54) is 12.0 Å². The molecule has 6 heteroatoms. The monoisotopic (exact) mass is 408 g/mol. The quantitative estimate of drug-likeness (QED) is 0.560. The number of nitrogens with zero attached hydrogens (tertiary/aromatic N) is 2. The smallest absolute Gasteiger partial charge is 0.191 e. The van der Waals surface area contributed by atoms with Gasteiger partial charge in [0, 0.05) is 42.1 Å². The third-order valence-electron chi connectivity index (χ3n) is 4.94. The number of benzene rings is 1. The molecule has 1 aliphatic heterocycles. The molecule has 0 aromatic heterocycles. The van der Waals surface area contributed by atoms with Crippen LogP contribution in [-0.4, -0.2) is 62.3 Å². The molecule has 2 aliphatic rings. The second-order valence-corrected chi connectivity index (χ2v) is 7.78. The van der Waals surface area contributed by atoms with Crippen molar-refractivity contribution in [1.82, 2.24) is 15.5 Å². The highest BCUT2D eigenvalue weighted by molar-refractivity contribution is 9.10. The van der Waals surface area contributed by atoms with Crippen molar-refractivity contribution < 1.29 is 4.74 Å². The van der Waals surface area contributed by atoms with Crippen molar-refractivity contribution in [2.45, 2.75) is 38.3 Å². The van der Waals surface area contributed by atoms with Gasteiger partial charge in [0.25, 0.3) is 0 Å². The van der Waals surface area contributed by atoms with E-state index < -0.39 is 0 Å². The van der Waals surface area contributed by atoms with Crippen molar-refractivity contribution in [1.29, 1.82) is 0 Å². The van der Waals surface area contributed by atoms with Gasteiger partial charge < -0.3 is 15.4 Å². The first kappa shape index (κ1) is 18.7. The van der Waals surface area contributed by atoms with Gasteiger partial charge in [0.05, 0.1) is 19.8 Å². The maximum atomic E-state index is 5.43. The molecule has 3 unspecified atom stereocenters. The lowest BCUT2D eigenvalue weighted by Gasteiger charge is -2.31. The minimum atomic E-state index is 0.445. The van der Waals surface area contributed by atoms with E-state index in [2.05, 4.69) is 69.6 Å². The molecule has 0 radical (unpaired) electrons. The third kappa shape index (κ3) is 5.43. The van der Waals surface area contributed by atoms with E-state index in [1.807, 2.05) is 0 Å². The molecular weight excluding hydrogens is 380 g/mol. The molecule has 2 fully saturated rings. The number of nitrogens with one attached hydrogen (secondary N) is 2. The zero-order valence-corrected chi connectivity index (χ0v) is 16.8. The Hall–Kier alpha value is -1.11. The molecule has 25 heavy (non-hydrogen) atoms. The Morgan fingerprint density at radius 3 is 2.72 bits per heavy atom. The molecule has 1 saturated heterocycles. The standard InChI is InChI=1S/C19H29BrN4O/c1-3-21-19(22-13-14(2)24-8-10-25-11-9-24)23-18-12-17(18)15-4-6-16(20)7-5-15/h4-7,14,17-18H,3,8-13H2,1-2H3,(H2,21,22,23). The van der Waals surface area contributed by atoms with Crippen LogP contribution in [0.25, 0.3) is 0 Å². The Morgan fingerprint density at radius 2 is 2.04 bits per heavy atom. The van der Waals surface area contributed by atoms with Gasteiger partial charge in [-0.3, -0.25) is 9.89 Å². The van der Waals surface area contributed by atoms with Gasteiger partial charge in [-0.2, -0.15) is 0 Å². The highest BCUT2D eigenvalue weighted by atomic mass is 79.9. The summed E-state index contributed by atoms with van der Waals surface area (Å²) in [5, 5.41) is 6.98. The minimum absolute atomic E-state index is 0.445. The molecule has 138 valence electrons. The summed E-state index contributed by atoms with van der Waals surface area (Å²) in [7, 11) is 0. The van der Waals surface area contributed by atoms with E-state index in [-0.39, 0.29) is 0 Å². The molecule has 0 amide bonds. The van der Waals surface area contributed by atoms with Crippen LogP contribution in [0.4, 0.5) is 0 Å². The minimum Gasteiger partial charge on any atom is -0.379 e. The zero-order chi connectivity index (χ0) is 17.6. The van der Waals surface area contributed by atoms with Crippen molar-refractivity contribution in [2.75, 3.05) is 39.4 Å². The average molecular weight is 409 g/mol. The molecule has 0 spiro atoms. The lowest BCUT2D eigenvalue weighted by atomic mass is 10.1.